The highest BCUT2D eigenvalue weighted by Gasteiger charge is 2.39. The monoisotopic (exact) mass is 347 g/mol. The second-order valence-electron chi connectivity index (χ2n) is 6.84. The number of aromatic nitrogens is 2. The Balaban J connectivity index is 1.40. The molecule has 2 fully saturated rings. The molecule has 4 nitrogen and oxygen atoms in total. The number of ether oxygens (including phenoxy) is 1. The number of allylic oxidation sites excluding steroid dienone is 1. The fourth-order valence-corrected chi connectivity index (χ4v) is 5.29. The lowest BCUT2D eigenvalue weighted by Crippen LogP contribution is -2.25. The molecular weight excluding hydrogens is 326 g/mol. The van der Waals surface area contributed by atoms with Crippen LogP contribution >= 0.6 is 23.5 Å². The van der Waals surface area contributed by atoms with Crippen LogP contribution in [0.3, 0.4) is 0 Å². The zero-order valence-corrected chi connectivity index (χ0v) is 15.0. The van der Waals surface area contributed by atoms with Gasteiger partial charge in [-0.15, -0.1) is 16.1 Å². The predicted molar refractivity (Wildman–Crippen MR) is 94.8 cm³/mol. The van der Waals surface area contributed by atoms with E-state index in [1.165, 1.54) is 37.7 Å². The molecule has 6 heteroatoms. The molecule has 3 aliphatic heterocycles. The summed E-state index contributed by atoms with van der Waals surface area (Å²) < 4.78 is 14.8. The van der Waals surface area contributed by atoms with E-state index in [1.54, 1.807) is 0 Å². The molecule has 3 aliphatic rings. The van der Waals surface area contributed by atoms with Crippen LogP contribution in [-0.2, 0) is 0 Å². The molecule has 2 bridgehead atoms. The average Bonchev–Trinajstić information content (AvgIpc) is 3.24. The number of thioether (sulfide) groups is 1. The van der Waals surface area contributed by atoms with Crippen molar-refractivity contribution < 1.29 is 4.74 Å². The largest absolute Gasteiger partial charge is 0.463 e. The van der Waals surface area contributed by atoms with E-state index in [4.69, 9.17) is 4.74 Å². The van der Waals surface area contributed by atoms with Crippen LogP contribution < -0.4 is 4.74 Å². The molecule has 0 aromatic carbocycles. The normalized spacial score (nSPS) is 35.1. The summed E-state index contributed by atoms with van der Waals surface area (Å²) in [6.07, 6.45) is 4.79. The van der Waals surface area contributed by atoms with Crippen molar-refractivity contribution in [1.82, 2.24) is 13.6 Å². The molecular formula is C17H21N3OS2. The van der Waals surface area contributed by atoms with E-state index in [9.17, 15) is 0 Å². The zero-order chi connectivity index (χ0) is 15.7. The molecule has 0 amide bonds. The number of rotatable bonds is 3. The molecule has 0 spiro atoms. The van der Waals surface area contributed by atoms with Gasteiger partial charge in [-0.2, -0.15) is 4.37 Å². The fourth-order valence-electron chi connectivity index (χ4n) is 3.72. The van der Waals surface area contributed by atoms with Gasteiger partial charge >= 0.3 is 0 Å². The number of hydrogen-bond acceptors (Lipinski definition) is 6. The maximum Gasteiger partial charge on any atom is 0.250 e. The second kappa shape index (κ2) is 6.46. The van der Waals surface area contributed by atoms with E-state index in [-0.39, 0.29) is 5.41 Å². The van der Waals surface area contributed by atoms with E-state index in [0.29, 0.717) is 18.4 Å². The first-order chi connectivity index (χ1) is 11.2. The van der Waals surface area contributed by atoms with Crippen molar-refractivity contribution in [3.8, 4) is 17.7 Å². The van der Waals surface area contributed by atoms with Gasteiger partial charge in [0.05, 0.1) is 17.1 Å². The molecule has 0 radical (unpaired) electrons. The van der Waals surface area contributed by atoms with Crippen molar-refractivity contribution in [3.05, 3.63) is 17.2 Å². The maximum atomic E-state index is 5.86. The zero-order valence-electron chi connectivity index (χ0n) is 13.3. The Morgan fingerprint density at radius 2 is 2.39 bits per heavy atom. The SMILES string of the molecule is CC1(C#CCOc2nsnc2C2CN3CCCC2C3)C=CSC1. The van der Waals surface area contributed by atoms with Gasteiger partial charge in [0.15, 0.2) is 6.61 Å². The van der Waals surface area contributed by atoms with Crippen LogP contribution in [0, 0.1) is 23.2 Å². The summed E-state index contributed by atoms with van der Waals surface area (Å²) in [5.41, 5.74) is 1.06. The number of hydrogen-bond donors (Lipinski definition) is 0. The number of piperidine rings is 1. The first kappa shape index (κ1) is 15.5. The van der Waals surface area contributed by atoms with Gasteiger partial charge in [0, 0.05) is 24.8 Å². The number of nitrogens with zero attached hydrogens (tertiary/aromatic N) is 3. The van der Waals surface area contributed by atoms with Gasteiger partial charge in [-0.1, -0.05) is 17.9 Å². The summed E-state index contributed by atoms with van der Waals surface area (Å²) in [5, 5.41) is 2.13. The molecule has 4 unspecified atom stereocenters. The van der Waals surface area contributed by atoms with Crippen molar-refractivity contribution >= 4 is 23.5 Å². The molecule has 4 rings (SSSR count). The minimum atomic E-state index is -0.00696. The summed E-state index contributed by atoms with van der Waals surface area (Å²) in [4.78, 5) is 2.55. The lowest BCUT2D eigenvalue weighted by molar-refractivity contribution is 0.269. The van der Waals surface area contributed by atoms with E-state index >= 15 is 0 Å². The van der Waals surface area contributed by atoms with Gasteiger partial charge in [0.25, 0.3) is 0 Å². The summed E-state index contributed by atoms with van der Waals surface area (Å²) >= 11 is 3.08. The highest BCUT2D eigenvalue weighted by Crippen LogP contribution is 2.41. The lowest BCUT2D eigenvalue weighted by Gasteiger charge is -2.21. The smallest absolute Gasteiger partial charge is 0.250 e. The number of fused-ring (bicyclic) bond motifs is 2. The topological polar surface area (TPSA) is 38.3 Å². The van der Waals surface area contributed by atoms with Gasteiger partial charge in [0.1, 0.15) is 5.69 Å². The molecule has 4 atom stereocenters. The third-order valence-electron chi connectivity index (χ3n) is 4.97. The summed E-state index contributed by atoms with van der Waals surface area (Å²) in [5.74, 6) is 9.43. The molecule has 0 N–H and O–H groups in total. The van der Waals surface area contributed by atoms with Crippen molar-refractivity contribution in [2.75, 3.05) is 32.0 Å². The van der Waals surface area contributed by atoms with Crippen molar-refractivity contribution in [2.24, 2.45) is 11.3 Å². The average molecular weight is 348 g/mol. The van der Waals surface area contributed by atoms with Crippen LogP contribution in [0.1, 0.15) is 31.4 Å². The van der Waals surface area contributed by atoms with Crippen LogP contribution in [0.4, 0.5) is 0 Å². The maximum absolute atomic E-state index is 5.86. The Morgan fingerprint density at radius 3 is 3.22 bits per heavy atom. The Hall–Kier alpha value is -1.03. The van der Waals surface area contributed by atoms with Crippen LogP contribution in [-0.4, -0.2) is 45.6 Å². The Labute approximate surface area is 146 Å². The highest BCUT2D eigenvalue weighted by molar-refractivity contribution is 8.02. The molecule has 1 aromatic rings. The minimum Gasteiger partial charge on any atom is -0.463 e. The van der Waals surface area contributed by atoms with Gasteiger partial charge < -0.3 is 9.64 Å². The molecule has 23 heavy (non-hydrogen) atoms. The fraction of sp³-hybridized carbons (Fsp3) is 0.647. The first-order valence-electron chi connectivity index (χ1n) is 8.20. The molecule has 2 saturated heterocycles. The lowest BCUT2D eigenvalue weighted by atomic mass is 9.89. The van der Waals surface area contributed by atoms with Crippen molar-refractivity contribution in [1.29, 1.82) is 0 Å². The molecule has 1 aromatic heterocycles. The van der Waals surface area contributed by atoms with Crippen LogP contribution in [0.5, 0.6) is 5.88 Å². The van der Waals surface area contributed by atoms with Gasteiger partial charge in [0.2, 0.25) is 5.88 Å². The third kappa shape index (κ3) is 3.28. The van der Waals surface area contributed by atoms with E-state index in [2.05, 4.69) is 43.9 Å². The quantitative estimate of drug-likeness (QED) is 0.786. The van der Waals surface area contributed by atoms with Crippen molar-refractivity contribution in [3.63, 3.8) is 0 Å². The van der Waals surface area contributed by atoms with Gasteiger partial charge in [-0.3, -0.25) is 0 Å². The standard InChI is InChI=1S/C17H21N3OS2/c1-17(6-9-22-12-17)5-3-8-21-16-15(18-23-19-16)14-11-20-7-2-4-13(14)10-20/h6,9,13-14H,2,4,7-8,10-12H2,1H3. The van der Waals surface area contributed by atoms with Gasteiger partial charge in [-0.25, -0.2) is 0 Å². The third-order valence-corrected chi connectivity index (χ3v) is 6.59. The van der Waals surface area contributed by atoms with Gasteiger partial charge in [-0.05, 0) is 37.6 Å². The molecule has 4 heterocycles. The van der Waals surface area contributed by atoms with Crippen LogP contribution in [0.2, 0.25) is 0 Å². The summed E-state index contributed by atoms with van der Waals surface area (Å²) in [6.45, 7) is 6.12. The van der Waals surface area contributed by atoms with E-state index in [1.807, 2.05) is 11.8 Å². The summed E-state index contributed by atoms with van der Waals surface area (Å²) in [7, 11) is 0. The summed E-state index contributed by atoms with van der Waals surface area (Å²) in [6, 6.07) is 0. The first-order valence-corrected chi connectivity index (χ1v) is 9.98. The van der Waals surface area contributed by atoms with E-state index < -0.39 is 0 Å². The Morgan fingerprint density at radius 1 is 1.43 bits per heavy atom. The Bertz CT molecular complexity index is 662. The minimum absolute atomic E-state index is 0.00696. The van der Waals surface area contributed by atoms with Crippen LogP contribution in [0.25, 0.3) is 0 Å². The second-order valence-corrected chi connectivity index (χ2v) is 8.27. The molecule has 0 aliphatic carbocycles. The molecule has 122 valence electrons. The predicted octanol–water partition coefficient (Wildman–Crippen LogP) is 3.00. The Kier molecular flexibility index (Phi) is 4.35. The van der Waals surface area contributed by atoms with E-state index in [0.717, 1.165) is 23.9 Å². The molecule has 0 saturated carbocycles. The highest BCUT2D eigenvalue weighted by atomic mass is 32.2. The van der Waals surface area contributed by atoms with Crippen molar-refractivity contribution in [2.45, 2.75) is 25.7 Å². The van der Waals surface area contributed by atoms with Crippen LogP contribution in [0.15, 0.2) is 11.5 Å².